The van der Waals surface area contributed by atoms with Gasteiger partial charge in [0.2, 0.25) is 0 Å². The van der Waals surface area contributed by atoms with Crippen LogP contribution in [-0.2, 0) is 0 Å². The number of ether oxygens (including phenoxy) is 1. The van der Waals surface area contributed by atoms with Crippen molar-refractivity contribution < 1.29 is 14.6 Å². The Morgan fingerprint density at radius 2 is 2.13 bits per heavy atom. The largest absolute Gasteiger partial charge is 0.497 e. The summed E-state index contributed by atoms with van der Waals surface area (Å²) in [5, 5.41) is 16.9. The summed E-state index contributed by atoms with van der Waals surface area (Å²) < 4.78 is 5.20. The van der Waals surface area contributed by atoms with Gasteiger partial charge in [-0.25, -0.2) is 0 Å². The van der Waals surface area contributed by atoms with Crippen molar-refractivity contribution in [2.24, 2.45) is 0 Å². The molecule has 0 aliphatic rings. The summed E-state index contributed by atoms with van der Waals surface area (Å²) in [4.78, 5) is 14.1. The first-order chi connectivity index (χ1) is 10.8. The highest BCUT2D eigenvalue weighted by Gasteiger charge is 2.23. The average Bonchev–Trinajstić information content (AvgIpc) is 3.01. The van der Waals surface area contributed by atoms with Gasteiger partial charge in [-0.1, -0.05) is 12.1 Å². The number of aromatic nitrogens is 2. The summed E-state index contributed by atoms with van der Waals surface area (Å²) in [7, 11) is 1.61. The van der Waals surface area contributed by atoms with Gasteiger partial charge in [-0.05, 0) is 39.0 Å². The molecule has 124 valence electrons. The molecule has 1 aromatic heterocycles. The summed E-state index contributed by atoms with van der Waals surface area (Å²) >= 11 is 0. The Labute approximate surface area is 136 Å². The molecule has 1 aromatic carbocycles. The van der Waals surface area contributed by atoms with Crippen molar-refractivity contribution >= 4 is 5.91 Å². The van der Waals surface area contributed by atoms with E-state index in [4.69, 9.17) is 4.74 Å². The molecule has 0 aliphatic heterocycles. The third-order valence-corrected chi connectivity index (χ3v) is 3.42. The molecule has 0 saturated carbocycles. The molecule has 1 heterocycles. The third-order valence-electron chi connectivity index (χ3n) is 3.42. The first-order valence-corrected chi connectivity index (χ1v) is 7.55. The lowest BCUT2D eigenvalue weighted by Gasteiger charge is -2.27. The minimum absolute atomic E-state index is 0.184. The van der Waals surface area contributed by atoms with Crippen molar-refractivity contribution in [3.8, 4) is 17.0 Å². The average molecular weight is 317 g/mol. The van der Waals surface area contributed by atoms with Gasteiger partial charge in [0.25, 0.3) is 5.91 Å². The smallest absolute Gasteiger partial charge is 0.271 e. The summed E-state index contributed by atoms with van der Waals surface area (Å²) in [6.07, 6.45) is 0. The van der Waals surface area contributed by atoms with Crippen molar-refractivity contribution in [2.75, 3.05) is 20.2 Å². The first-order valence-electron chi connectivity index (χ1n) is 7.55. The van der Waals surface area contributed by atoms with E-state index in [1.165, 1.54) is 0 Å². The van der Waals surface area contributed by atoms with Gasteiger partial charge in [0.05, 0.1) is 18.4 Å². The fraction of sp³-hybridized carbons (Fsp3) is 0.412. The van der Waals surface area contributed by atoms with Crippen LogP contribution in [-0.4, -0.2) is 51.9 Å². The predicted octanol–water partition coefficient (Wildman–Crippen LogP) is 2.32. The monoisotopic (exact) mass is 317 g/mol. The number of benzene rings is 1. The number of aromatic amines is 1. The number of methoxy groups -OCH3 is 1. The first kappa shape index (κ1) is 17.0. The molecule has 0 fully saturated rings. The van der Waals surface area contributed by atoms with E-state index in [0.29, 0.717) is 17.9 Å². The van der Waals surface area contributed by atoms with Crippen LogP contribution >= 0.6 is 0 Å². The van der Waals surface area contributed by atoms with E-state index in [9.17, 15) is 9.90 Å². The van der Waals surface area contributed by atoms with Crippen molar-refractivity contribution in [3.05, 3.63) is 36.0 Å². The summed E-state index contributed by atoms with van der Waals surface area (Å²) in [5.74, 6) is 0.548. The number of rotatable bonds is 6. The number of H-pyrrole nitrogens is 1. The molecule has 0 bridgehead atoms. The van der Waals surface area contributed by atoms with Gasteiger partial charge in [0.15, 0.2) is 0 Å². The molecule has 2 aromatic rings. The maximum atomic E-state index is 12.5. The zero-order valence-corrected chi connectivity index (χ0v) is 14.0. The molecule has 0 atom stereocenters. The second-order valence-corrected chi connectivity index (χ2v) is 6.03. The summed E-state index contributed by atoms with van der Waals surface area (Å²) in [6.45, 7) is 6.00. The van der Waals surface area contributed by atoms with Crippen LogP contribution in [0.1, 0.15) is 31.3 Å². The number of carbonyl (C=O) groups excluding carboxylic acids is 1. The Hall–Kier alpha value is -2.34. The Kier molecular flexibility index (Phi) is 5.05. The van der Waals surface area contributed by atoms with Crippen molar-refractivity contribution in [2.45, 2.75) is 26.4 Å². The summed E-state index contributed by atoms with van der Waals surface area (Å²) in [5.41, 5.74) is 0.993. The fourth-order valence-corrected chi connectivity index (χ4v) is 2.33. The van der Waals surface area contributed by atoms with Gasteiger partial charge in [0, 0.05) is 18.7 Å². The second-order valence-electron chi connectivity index (χ2n) is 6.03. The van der Waals surface area contributed by atoms with Crippen LogP contribution in [0.15, 0.2) is 30.3 Å². The van der Waals surface area contributed by atoms with Gasteiger partial charge in [-0.2, -0.15) is 5.10 Å². The SMILES string of the molecule is CCN(CC(C)(C)O)C(=O)c1cc(-c2cccc(OC)c2)n[nH]1. The van der Waals surface area contributed by atoms with E-state index in [1.807, 2.05) is 31.2 Å². The number of hydrogen-bond acceptors (Lipinski definition) is 4. The minimum atomic E-state index is -0.943. The number of nitrogens with one attached hydrogen (secondary N) is 1. The van der Waals surface area contributed by atoms with Crippen LogP contribution in [0.3, 0.4) is 0 Å². The third kappa shape index (κ3) is 4.32. The Bertz CT molecular complexity index is 674. The molecular formula is C17H23N3O3. The number of aliphatic hydroxyl groups is 1. The maximum absolute atomic E-state index is 12.5. The Balaban J connectivity index is 2.22. The Morgan fingerprint density at radius 1 is 1.39 bits per heavy atom. The highest BCUT2D eigenvalue weighted by molar-refractivity contribution is 5.93. The molecule has 23 heavy (non-hydrogen) atoms. The lowest BCUT2D eigenvalue weighted by Crippen LogP contribution is -2.42. The quantitative estimate of drug-likeness (QED) is 0.857. The molecule has 0 saturated heterocycles. The zero-order valence-electron chi connectivity index (χ0n) is 14.0. The van der Waals surface area contributed by atoms with Crippen molar-refractivity contribution in [1.82, 2.24) is 15.1 Å². The number of hydrogen-bond donors (Lipinski definition) is 2. The predicted molar refractivity (Wildman–Crippen MR) is 88.5 cm³/mol. The van der Waals surface area contributed by atoms with Crippen LogP contribution in [0, 0.1) is 0 Å². The fourth-order valence-electron chi connectivity index (χ4n) is 2.33. The lowest BCUT2D eigenvalue weighted by molar-refractivity contribution is 0.0311. The van der Waals surface area contributed by atoms with E-state index >= 15 is 0 Å². The number of likely N-dealkylation sites (N-methyl/N-ethyl adjacent to an activating group) is 1. The highest BCUT2D eigenvalue weighted by atomic mass is 16.5. The van der Waals surface area contributed by atoms with E-state index in [-0.39, 0.29) is 12.5 Å². The van der Waals surface area contributed by atoms with Gasteiger partial charge in [-0.15, -0.1) is 0 Å². The second kappa shape index (κ2) is 6.83. The summed E-state index contributed by atoms with van der Waals surface area (Å²) in [6, 6.07) is 9.20. The Morgan fingerprint density at radius 3 is 2.74 bits per heavy atom. The van der Waals surface area contributed by atoms with Gasteiger partial charge < -0.3 is 14.7 Å². The van der Waals surface area contributed by atoms with E-state index in [0.717, 1.165) is 11.3 Å². The molecular weight excluding hydrogens is 294 g/mol. The highest BCUT2D eigenvalue weighted by Crippen LogP contribution is 2.23. The minimum Gasteiger partial charge on any atom is -0.497 e. The maximum Gasteiger partial charge on any atom is 0.271 e. The van der Waals surface area contributed by atoms with E-state index in [2.05, 4.69) is 10.2 Å². The van der Waals surface area contributed by atoms with Gasteiger partial charge in [-0.3, -0.25) is 9.89 Å². The normalized spacial score (nSPS) is 11.3. The number of amides is 1. The van der Waals surface area contributed by atoms with Crippen molar-refractivity contribution in [1.29, 1.82) is 0 Å². The molecule has 0 unspecified atom stereocenters. The zero-order chi connectivity index (χ0) is 17.0. The molecule has 0 spiro atoms. The van der Waals surface area contributed by atoms with Crippen LogP contribution in [0.2, 0.25) is 0 Å². The number of nitrogens with zero attached hydrogens (tertiary/aromatic N) is 2. The molecule has 0 aliphatic carbocycles. The van der Waals surface area contributed by atoms with Gasteiger partial charge in [0.1, 0.15) is 11.4 Å². The van der Waals surface area contributed by atoms with Crippen LogP contribution in [0.4, 0.5) is 0 Å². The lowest BCUT2D eigenvalue weighted by atomic mass is 10.1. The van der Waals surface area contributed by atoms with Crippen LogP contribution in [0.5, 0.6) is 5.75 Å². The molecule has 1 amide bonds. The van der Waals surface area contributed by atoms with Gasteiger partial charge >= 0.3 is 0 Å². The number of carbonyl (C=O) groups is 1. The topological polar surface area (TPSA) is 78.4 Å². The molecule has 0 radical (unpaired) electrons. The molecule has 6 nitrogen and oxygen atoms in total. The standard InChI is InChI=1S/C17H23N3O3/c1-5-20(11-17(2,3)22)16(21)15-10-14(18-19-15)12-7-6-8-13(9-12)23-4/h6-10,22H,5,11H2,1-4H3,(H,18,19). The van der Waals surface area contributed by atoms with E-state index < -0.39 is 5.60 Å². The van der Waals surface area contributed by atoms with E-state index in [1.54, 1.807) is 31.9 Å². The van der Waals surface area contributed by atoms with Crippen LogP contribution in [0.25, 0.3) is 11.3 Å². The molecule has 6 heteroatoms. The molecule has 2 rings (SSSR count). The van der Waals surface area contributed by atoms with Crippen molar-refractivity contribution in [3.63, 3.8) is 0 Å². The van der Waals surface area contributed by atoms with Crippen LogP contribution < -0.4 is 4.74 Å². The molecule has 2 N–H and O–H groups in total.